The minimum atomic E-state index is -0.188. The lowest BCUT2D eigenvalue weighted by Crippen LogP contribution is -2.51. The summed E-state index contributed by atoms with van der Waals surface area (Å²) in [6.45, 7) is 4.17. The quantitative estimate of drug-likeness (QED) is 0.690. The van der Waals surface area contributed by atoms with E-state index in [2.05, 4.69) is 15.6 Å². The molecule has 2 N–H and O–H groups in total. The molecule has 2 atom stereocenters. The number of nitrogens with one attached hydrogen (secondary N) is 2. The molecule has 0 spiro atoms. The van der Waals surface area contributed by atoms with Gasteiger partial charge >= 0.3 is 0 Å². The number of carbonyl (C=O) groups is 2. The van der Waals surface area contributed by atoms with Gasteiger partial charge in [0.25, 0.3) is 0 Å². The lowest BCUT2D eigenvalue weighted by molar-refractivity contribution is -0.141. The number of hydrogen-bond donors (Lipinski definition) is 2. The maximum atomic E-state index is 12.7. The molecular weight excluding hydrogens is 354 g/mol. The molecule has 0 saturated carbocycles. The van der Waals surface area contributed by atoms with Gasteiger partial charge in [-0.25, -0.2) is 4.98 Å². The standard InChI is InChI=1S/C17H27N5O3S/c1-21-14(11-20-17(21)26-2)10-19-15(23)12-7-13(9-18-8-12)16(24)22-3-5-25-6-4-22/h11-13,18H,3-10H2,1-2H3,(H,19,23)/t12-,13+/m1/s1. The fourth-order valence-corrected chi connectivity index (χ4v) is 4.02. The number of piperidine rings is 1. The van der Waals surface area contributed by atoms with Crippen molar-refractivity contribution in [3.8, 4) is 0 Å². The summed E-state index contributed by atoms with van der Waals surface area (Å²) in [5, 5.41) is 7.16. The Balaban J connectivity index is 1.52. The molecule has 1 aromatic heterocycles. The van der Waals surface area contributed by atoms with Crippen molar-refractivity contribution >= 4 is 23.6 Å². The van der Waals surface area contributed by atoms with Crippen LogP contribution in [0.5, 0.6) is 0 Å². The van der Waals surface area contributed by atoms with Crippen LogP contribution in [0.15, 0.2) is 11.4 Å². The average Bonchev–Trinajstić information content (AvgIpc) is 3.06. The number of nitrogens with zero attached hydrogens (tertiary/aromatic N) is 3. The summed E-state index contributed by atoms with van der Waals surface area (Å²) in [5.41, 5.74) is 0.965. The van der Waals surface area contributed by atoms with Crippen LogP contribution in [0.2, 0.25) is 0 Å². The molecule has 2 amide bonds. The monoisotopic (exact) mass is 381 g/mol. The van der Waals surface area contributed by atoms with Gasteiger partial charge in [0.05, 0.1) is 43.5 Å². The SMILES string of the molecule is CSc1ncc(CNC(=O)[C@H]2CNC[C@@H](C(=O)N3CCOCC3)C2)n1C. The Morgan fingerprint density at radius 1 is 1.35 bits per heavy atom. The molecule has 0 aliphatic carbocycles. The first kappa shape index (κ1) is 19.2. The second-order valence-corrected chi connectivity index (χ2v) is 7.51. The van der Waals surface area contributed by atoms with E-state index in [9.17, 15) is 9.59 Å². The zero-order chi connectivity index (χ0) is 18.5. The lowest BCUT2D eigenvalue weighted by atomic mass is 9.88. The van der Waals surface area contributed by atoms with Crippen LogP contribution in [0.4, 0.5) is 0 Å². The Morgan fingerprint density at radius 3 is 2.77 bits per heavy atom. The van der Waals surface area contributed by atoms with Crippen LogP contribution in [0.25, 0.3) is 0 Å². The van der Waals surface area contributed by atoms with E-state index in [1.807, 2.05) is 22.8 Å². The van der Waals surface area contributed by atoms with Crippen LogP contribution in [0, 0.1) is 11.8 Å². The molecule has 144 valence electrons. The Kier molecular flexibility index (Phi) is 6.55. The summed E-state index contributed by atoms with van der Waals surface area (Å²) in [4.78, 5) is 31.4. The van der Waals surface area contributed by atoms with Crippen LogP contribution < -0.4 is 10.6 Å². The van der Waals surface area contributed by atoms with Crippen LogP contribution in [0.3, 0.4) is 0 Å². The summed E-state index contributed by atoms with van der Waals surface area (Å²) in [6.07, 6.45) is 4.36. The molecule has 0 unspecified atom stereocenters. The molecule has 3 heterocycles. The van der Waals surface area contributed by atoms with E-state index in [1.165, 1.54) is 0 Å². The number of rotatable bonds is 5. The predicted octanol–water partition coefficient (Wildman–Crippen LogP) is -0.157. The van der Waals surface area contributed by atoms with Gasteiger partial charge in [0.15, 0.2) is 5.16 Å². The molecule has 2 saturated heterocycles. The van der Waals surface area contributed by atoms with E-state index in [1.54, 1.807) is 18.0 Å². The number of thioether (sulfide) groups is 1. The van der Waals surface area contributed by atoms with Gasteiger partial charge in [-0.1, -0.05) is 11.8 Å². The Morgan fingerprint density at radius 2 is 2.08 bits per heavy atom. The topological polar surface area (TPSA) is 88.5 Å². The third-order valence-corrected chi connectivity index (χ3v) is 5.81. The van der Waals surface area contributed by atoms with Gasteiger partial charge in [0.1, 0.15) is 0 Å². The van der Waals surface area contributed by atoms with Crippen molar-refractivity contribution in [2.45, 2.75) is 18.1 Å². The zero-order valence-corrected chi connectivity index (χ0v) is 16.2. The predicted molar refractivity (Wildman–Crippen MR) is 98.7 cm³/mol. The second kappa shape index (κ2) is 8.88. The number of hydrogen-bond acceptors (Lipinski definition) is 6. The van der Waals surface area contributed by atoms with Gasteiger partial charge in [0.2, 0.25) is 11.8 Å². The maximum Gasteiger partial charge on any atom is 0.227 e. The minimum Gasteiger partial charge on any atom is -0.378 e. The number of carbonyl (C=O) groups excluding carboxylic acids is 2. The second-order valence-electron chi connectivity index (χ2n) is 6.74. The van der Waals surface area contributed by atoms with Gasteiger partial charge in [-0.15, -0.1) is 0 Å². The number of morpholine rings is 1. The molecule has 2 fully saturated rings. The average molecular weight is 382 g/mol. The summed E-state index contributed by atoms with van der Waals surface area (Å²) < 4.78 is 7.29. The zero-order valence-electron chi connectivity index (χ0n) is 15.4. The van der Waals surface area contributed by atoms with Crippen molar-refractivity contribution in [1.82, 2.24) is 25.1 Å². The highest BCUT2D eigenvalue weighted by atomic mass is 32.2. The fourth-order valence-electron chi connectivity index (χ4n) is 3.47. The molecule has 3 rings (SSSR count). The lowest BCUT2D eigenvalue weighted by Gasteiger charge is -2.34. The van der Waals surface area contributed by atoms with E-state index in [-0.39, 0.29) is 23.7 Å². The van der Waals surface area contributed by atoms with Crippen molar-refractivity contribution in [3.05, 3.63) is 11.9 Å². The molecule has 1 aromatic rings. The normalized spacial score (nSPS) is 23.7. The van der Waals surface area contributed by atoms with Crippen LogP contribution in [-0.4, -0.2) is 71.9 Å². The molecule has 0 bridgehead atoms. The first-order valence-corrected chi connectivity index (χ1v) is 10.2. The van der Waals surface area contributed by atoms with E-state index in [4.69, 9.17) is 4.74 Å². The van der Waals surface area contributed by atoms with Crippen LogP contribution in [-0.2, 0) is 27.9 Å². The van der Waals surface area contributed by atoms with Crippen molar-refractivity contribution in [3.63, 3.8) is 0 Å². The Bertz CT molecular complexity index is 644. The molecule has 9 heteroatoms. The van der Waals surface area contributed by atoms with Gasteiger partial charge < -0.3 is 24.8 Å². The highest BCUT2D eigenvalue weighted by Gasteiger charge is 2.33. The number of amides is 2. The summed E-state index contributed by atoms with van der Waals surface area (Å²) in [7, 11) is 1.94. The third kappa shape index (κ3) is 4.39. The third-order valence-electron chi connectivity index (χ3n) is 5.06. The summed E-state index contributed by atoms with van der Waals surface area (Å²) in [6, 6.07) is 0. The van der Waals surface area contributed by atoms with Gasteiger partial charge in [-0.05, 0) is 12.7 Å². The summed E-state index contributed by atoms with van der Waals surface area (Å²) in [5.74, 6) is -0.206. The largest absolute Gasteiger partial charge is 0.378 e. The molecule has 2 aliphatic heterocycles. The number of ether oxygens (including phenoxy) is 1. The first-order chi connectivity index (χ1) is 12.6. The van der Waals surface area contributed by atoms with Crippen molar-refractivity contribution < 1.29 is 14.3 Å². The number of imidazole rings is 1. The van der Waals surface area contributed by atoms with Crippen molar-refractivity contribution in [2.24, 2.45) is 18.9 Å². The van der Waals surface area contributed by atoms with Crippen LogP contribution >= 0.6 is 11.8 Å². The molecule has 0 aromatic carbocycles. The molecule has 8 nitrogen and oxygen atoms in total. The van der Waals surface area contributed by atoms with E-state index < -0.39 is 0 Å². The molecular formula is C17H27N5O3S. The highest BCUT2D eigenvalue weighted by molar-refractivity contribution is 7.98. The first-order valence-electron chi connectivity index (χ1n) is 8.99. The van der Waals surface area contributed by atoms with Crippen molar-refractivity contribution in [2.75, 3.05) is 45.6 Å². The smallest absolute Gasteiger partial charge is 0.227 e. The molecule has 0 radical (unpaired) electrons. The van der Waals surface area contributed by atoms with E-state index >= 15 is 0 Å². The van der Waals surface area contributed by atoms with Gasteiger partial charge in [-0.3, -0.25) is 9.59 Å². The maximum absolute atomic E-state index is 12.7. The van der Waals surface area contributed by atoms with Gasteiger partial charge in [-0.2, -0.15) is 0 Å². The Labute approximate surface area is 158 Å². The van der Waals surface area contributed by atoms with Crippen LogP contribution in [0.1, 0.15) is 12.1 Å². The highest BCUT2D eigenvalue weighted by Crippen LogP contribution is 2.20. The van der Waals surface area contributed by atoms with E-state index in [0.717, 1.165) is 10.9 Å². The molecule has 26 heavy (non-hydrogen) atoms. The number of aromatic nitrogens is 2. The summed E-state index contributed by atoms with van der Waals surface area (Å²) >= 11 is 1.57. The van der Waals surface area contributed by atoms with E-state index in [0.29, 0.717) is 52.4 Å². The Hall–Kier alpha value is -1.58. The van der Waals surface area contributed by atoms with Gasteiger partial charge in [0, 0.05) is 33.2 Å². The fraction of sp³-hybridized carbons (Fsp3) is 0.706. The molecule has 2 aliphatic rings. The van der Waals surface area contributed by atoms with Crippen molar-refractivity contribution in [1.29, 1.82) is 0 Å². The minimum absolute atomic E-state index is 0.0103.